The van der Waals surface area contributed by atoms with Crippen LogP contribution in [0.3, 0.4) is 0 Å². The maximum Gasteiger partial charge on any atom is 0.270 e. The fourth-order valence-electron chi connectivity index (χ4n) is 4.20. The highest BCUT2D eigenvalue weighted by molar-refractivity contribution is 5.86. The number of aromatic amines is 1. The molecule has 1 aliphatic rings. The van der Waals surface area contributed by atoms with Gasteiger partial charge in [0.15, 0.2) is 0 Å². The largest absolute Gasteiger partial charge is 0.490 e. The number of likely N-dealkylation sites (tertiary alicyclic amines) is 1. The minimum absolute atomic E-state index is 0.0481. The number of hydrogen-bond donors (Lipinski definition) is 1. The standard InChI is InChI=1S/C25H28F2N2O2/c1-3-18-15-28-24(30)22-9-8-21(14-23(18)22)31-20-10-12-29(13-11-20)16-17-4-6-19(7-5-17)25(2,26)27/h4-9,14-15,20H,3,10-13,16H2,1-2H3,(H,28,30). The number of nitrogens with zero attached hydrogens (tertiary/aromatic N) is 1. The Hall–Kier alpha value is -2.73. The second-order valence-corrected chi connectivity index (χ2v) is 8.38. The number of hydrogen-bond acceptors (Lipinski definition) is 3. The number of aryl methyl sites for hydroxylation is 1. The van der Waals surface area contributed by atoms with Gasteiger partial charge in [0.25, 0.3) is 11.5 Å². The van der Waals surface area contributed by atoms with Crippen LogP contribution in [0.4, 0.5) is 8.78 Å². The molecule has 31 heavy (non-hydrogen) atoms. The van der Waals surface area contributed by atoms with Gasteiger partial charge in [-0.05, 0) is 54.0 Å². The van der Waals surface area contributed by atoms with Crippen molar-refractivity contribution in [1.29, 1.82) is 0 Å². The molecule has 1 fully saturated rings. The smallest absolute Gasteiger partial charge is 0.270 e. The number of ether oxygens (including phenoxy) is 1. The molecule has 0 unspecified atom stereocenters. The topological polar surface area (TPSA) is 45.3 Å². The van der Waals surface area contributed by atoms with Crippen LogP contribution in [0.1, 0.15) is 43.4 Å². The van der Waals surface area contributed by atoms with E-state index in [4.69, 9.17) is 4.74 Å². The quantitative estimate of drug-likeness (QED) is 0.586. The first-order valence-corrected chi connectivity index (χ1v) is 10.8. The van der Waals surface area contributed by atoms with Crippen molar-refractivity contribution < 1.29 is 13.5 Å². The van der Waals surface area contributed by atoms with Gasteiger partial charge in [0.1, 0.15) is 11.9 Å². The second kappa shape index (κ2) is 8.79. The zero-order valence-corrected chi connectivity index (χ0v) is 18.0. The predicted octanol–water partition coefficient (Wildman–Crippen LogP) is 5.25. The van der Waals surface area contributed by atoms with Gasteiger partial charge in [-0.2, -0.15) is 0 Å². The van der Waals surface area contributed by atoms with Crippen LogP contribution < -0.4 is 10.3 Å². The Kier molecular flexibility index (Phi) is 6.10. The van der Waals surface area contributed by atoms with E-state index >= 15 is 0 Å². The van der Waals surface area contributed by atoms with E-state index in [1.807, 2.05) is 18.2 Å². The number of alkyl halides is 2. The van der Waals surface area contributed by atoms with Crippen LogP contribution in [0.2, 0.25) is 0 Å². The van der Waals surface area contributed by atoms with Crippen molar-refractivity contribution in [1.82, 2.24) is 9.88 Å². The van der Waals surface area contributed by atoms with E-state index in [9.17, 15) is 13.6 Å². The van der Waals surface area contributed by atoms with Crippen LogP contribution in [-0.4, -0.2) is 29.1 Å². The van der Waals surface area contributed by atoms with E-state index < -0.39 is 5.92 Å². The van der Waals surface area contributed by atoms with Crippen LogP contribution in [0.25, 0.3) is 10.8 Å². The van der Waals surface area contributed by atoms with Gasteiger partial charge in [-0.15, -0.1) is 0 Å². The molecular formula is C25H28F2N2O2. The summed E-state index contributed by atoms with van der Waals surface area (Å²) in [5.41, 5.74) is 2.11. The Balaban J connectivity index is 1.35. The molecule has 0 saturated carbocycles. The highest BCUT2D eigenvalue weighted by atomic mass is 19.3. The van der Waals surface area contributed by atoms with Gasteiger partial charge < -0.3 is 9.72 Å². The van der Waals surface area contributed by atoms with Crippen molar-refractivity contribution in [2.75, 3.05) is 13.1 Å². The fourth-order valence-corrected chi connectivity index (χ4v) is 4.20. The zero-order valence-electron chi connectivity index (χ0n) is 18.0. The van der Waals surface area contributed by atoms with Crippen LogP contribution in [0, 0.1) is 0 Å². The molecule has 164 valence electrons. The van der Waals surface area contributed by atoms with Gasteiger partial charge in [-0.3, -0.25) is 9.69 Å². The van der Waals surface area contributed by atoms with Gasteiger partial charge in [0, 0.05) is 43.7 Å². The molecular weight excluding hydrogens is 398 g/mol. The van der Waals surface area contributed by atoms with E-state index in [1.54, 1.807) is 18.3 Å². The molecule has 3 aromatic rings. The molecule has 2 aromatic carbocycles. The Labute approximate surface area is 180 Å². The molecule has 0 bridgehead atoms. The number of benzene rings is 2. The average Bonchev–Trinajstić information content (AvgIpc) is 2.75. The first kappa shape index (κ1) is 21.5. The van der Waals surface area contributed by atoms with Crippen molar-refractivity contribution >= 4 is 10.8 Å². The normalized spacial score (nSPS) is 16.0. The van der Waals surface area contributed by atoms with Gasteiger partial charge in [-0.25, -0.2) is 8.78 Å². The number of H-pyrrole nitrogens is 1. The molecule has 0 aliphatic carbocycles. The van der Waals surface area contributed by atoms with Crippen molar-refractivity contribution in [3.63, 3.8) is 0 Å². The maximum absolute atomic E-state index is 13.4. The molecule has 2 heterocycles. The third kappa shape index (κ3) is 4.96. The summed E-state index contributed by atoms with van der Waals surface area (Å²) in [5.74, 6) is -2.01. The lowest BCUT2D eigenvalue weighted by Gasteiger charge is -2.32. The molecule has 1 N–H and O–H groups in total. The van der Waals surface area contributed by atoms with Crippen LogP contribution in [0.5, 0.6) is 5.75 Å². The minimum atomic E-state index is -2.80. The van der Waals surface area contributed by atoms with Gasteiger partial charge in [0.05, 0.1) is 0 Å². The van der Waals surface area contributed by atoms with Crippen LogP contribution in [0.15, 0.2) is 53.5 Å². The van der Waals surface area contributed by atoms with Gasteiger partial charge in [-0.1, -0.05) is 31.2 Å². The molecule has 0 atom stereocenters. The number of halogens is 2. The Bertz CT molecular complexity index is 1100. The molecule has 0 spiro atoms. The molecule has 1 aliphatic heterocycles. The minimum Gasteiger partial charge on any atom is -0.490 e. The lowest BCUT2D eigenvalue weighted by atomic mass is 10.0. The first-order chi connectivity index (χ1) is 14.8. The summed E-state index contributed by atoms with van der Waals surface area (Å²) in [6.45, 7) is 5.52. The predicted molar refractivity (Wildman–Crippen MR) is 119 cm³/mol. The van der Waals surface area contributed by atoms with E-state index in [0.29, 0.717) is 5.39 Å². The highest BCUT2D eigenvalue weighted by Crippen LogP contribution is 2.28. The number of nitrogens with one attached hydrogen (secondary N) is 1. The second-order valence-electron chi connectivity index (χ2n) is 8.38. The Morgan fingerprint density at radius 1 is 1.10 bits per heavy atom. The van der Waals surface area contributed by atoms with Crippen molar-refractivity contribution in [3.8, 4) is 5.75 Å². The van der Waals surface area contributed by atoms with E-state index in [1.165, 1.54) is 12.1 Å². The SMILES string of the molecule is CCc1c[nH]c(=O)c2ccc(OC3CCN(Cc4ccc(C(C)(F)F)cc4)CC3)cc12. The van der Waals surface area contributed by atoms with E-state index in [0.717, 1.165) is 68.1 Å². The Morgan fingerprint density at radius 3 is 2.45 bits per heavy atom. The molecule has 0 amide bonds. The highest BCUT2D eigenvalue weighted by Gasteiger charge is 2.24. The van der Waals surface area contributed by atoms with Crippen molar-refractivity contribution in [2.24, 2.45) is 0 Å². The fraction of sp³-hybridized carbons (Fsp3) is 0.400. The molecule has 4 nitrogen and oxygen atoms in total. The third-order valence-corrected chi connectivity index (χ3v) is 6.04. The third-order valence-electron chi connectivity index (χ3n) is 6.04. The summed E-state index contributed by atoms with van der Waals surface area (Å²) in [4.78, 5) is 17.2. The van der Waals surface area contributed by atoms with Crippen molar-refractivity contribution in [2.45, 2.75) is 51.7 Å². The number of fused-ring (bicyclic) bond motifs is 1. The first-order valence-electron chi connectivity index (χ1n) is 10.8. The van der Waals surface area contributed by atoms with E-state index in [-0.39, 0.29) is 17.2 Å². The summed E-state index contributed by atoms with van der Waals surface area (Å²) in [6, 6.07) is 12.3. The molecule has 0 radical (unpaired) electrons. The molecule has 6 heteroatoms. The van der Waals surface area contributed by atoms with Crippen LogP contribution >= 0.6 is 0 Å². The average molecular weight is 427 g/mol. The van der Waals surface area contributed by atoms with Crippen molar-refractivity contribution in [3.05, 3.63) is 75.7 Å². The maximum atomic E-state index is 13.4. The van der Waals surface area contributed by atoms with Gasteiger partial charge >= 0.3 is 0 Å². The lowest BCUT2D eigenvalue weighted by Crippen LogP contribution is -2.37. The van der Waals surface area contributed by atoms with E-state index in [2.05, 4.69) is 16.8 Å². The lowest BCUT2D eigenvalue weighted by molar-refractivity contribution is 0.0174. The molecule has 4 rings (SSSR count). The summed E-state index contributed by atoms with van der Waals surface area (Å²) in [5, 5.41) is 1.63. The Morgan fingerprint density at radius 2 is 1.81 bits per heavy atom. The summed E-state index contributed by atoms with van der Waals surface area (Å²) < 4.78 is 33.0. The monoisotopic (exact) mass is 426 g/mol. The molecule has 1 aromatic heterocycles. The number of aromatic nitrogens is 1. The number of pyridine rings is 1. The summed E-state index contributed by atoms with van der Waals surface area (Å²) in [7, 11) is 0. The zero-order chi connectivity index (χ0) is 22.0. The summed E-state index contributed by atoms with van der Waals surface area (Å²) >= 11 is 0. The molecule has 1 saturated heterocycles. The number of piperidine rings is 1. The van der Waals surface area contributed by atoms with Crippen LogP contribution in [-0.2, 0) is 18.9 Å². The number of rotatable bonds is 6. The summed E-state index contributed by atoms with van der Waals surface area (Å²) in [6.07, 6.45) is 4.55. The van der Waals surface area contributed by atoms with Gasteiger partial charge in [0.2, 0.25) is 0 Å².